The summed E-state index contributed by atoms with van der Waals surface area (Å²) in [5.41, 5.74) is 2.65. The van der Waals surface area contributed by atoms with Gasteiger partial charge in [-0.15, -0.1) is 0 Å². The van der Waals surface area contributed by atoms with Gasteiger partial charge in [0.15, 0.2) is 0 Å². The molecule has 16 heteroatoms. The first-order valence-corrected chi connectivity index (χ1v) is 18.0. The highest BCUT2D eigenvalue weighted by Gasteiger charge is 2.19. The lowest BCUT2D eigenvalue weighted by Crippen LogP contribution is -2.34. The van der Waals surface area contributed by atoms with Gasteiger partial charge in [0.2, 0.25) is 0 Å². The van der Waals surface area contributed by atoms with Gasteiger partial charge >= 0.3 is 24.0 Å². The molecule has 0 aliphatic carbocycles. The molecule has 4 aromatic rings. The molecule has 262 valence electrons. The minimum atomic E-state index is -4.07. The average molecular weight is 723 g/mol. The quantitative estimate of drug-likeness (QED) is 0.106. The van der Waals surface area contributed by atoms with Crippen molar-refractivity contribution < 1.29 is 45.5 Å². The third-order valence-electron chi connectivity index (χ3n) is 6.88. The Morgan fingerprint density at radius 3 is 1.14 bits per heavy atom. The fourth-order valence-corrected chi connectivity index (χ4v) is 6.00. The van der Waals surface area contributed by atoms with E-state index in [4.69, 9.17) is 9.47 Å². The van der Waals surface area contributed by atoms with Crippen LogP contribution in [-0.2, 0) is 29.5 Å². The molecule has 4 aromatic carbocycles. The van der Waals surface area contributed by atoms with Gasteiger partial charge in [0.1, 0.15) is 0 Å². The zero-order valence-corrected chi connectivity index (χ0v) is 28.6. The highest BCUT2D eigenvalue weighted by atomic mass is 32.2. The van der Waals surface area contributed by atoms with Crippen LogP contribution in [0.25, 0.3) is 0 Å². The maximum Gasteiger partial charge on any atom is 0.338 e. The van der Waals surface area contributed by atoms with Crippen molar-refractivity contribution in [1.29, 1.82) is 0 Å². The molecule has 0 aromatic heterocycles. The first kappa shape index (κ1) is 37.1. The van der Waals surface area contributed by atoms with Crippen LogP contribution in [0.2, 0.25) is 0 Å². The van der Waals surface area contributed by atoms with Crippen molar-refractivity contribution in [3.8, 4) is 0 Å². The summed E-state index contributed by atoms with van der Waals surface area (Å²) >= 11 is 0. The average Bonchev–Trinajstić information content (AvgIpc) is 3.06. The maximum atomic E-state index is 12.4. The summed E-state index contributed by atoms with van der Waals surface area (Å²) < 4.78 is 63.8. The number of aryl methyl sites for hydroxylation is 2. The SMILES string of the molecule is Cc1ccc(S(=O)(=O)NC(=O)Nc2ccc(C(=O)OCCCCOC(=O)c3ccc(NC(=O)NS(=O)(=O)c4ccc(C)cc4)cc3)cc2)cc1. The Hall–Kier alpha value is -5.74. The molecule has 0 saturated carbocycles. The number of rotatable bonds is 13. The molecule has 4 amide bonds. The Morgan fingerprint density at radius 1 is 0.500 bits per heavy atom. The molecule has 0 bridgehead atoms. The molecule has 0 heterocycles. The third kappa shape index (κ3) is 10.9. The number of benzene rings is 4. The summed E-state index contributed by atoms with van der Waals surface area (Å²) in [6.45, 7) is 3.72. The topological polar surface area (TPSA) is 203 Å². The van der Waals surface area contributed by atoms with Gasteiger partial charge in [0.05, 0.1) is 34.1 Å². The lowest BCUT2D eigenvalue weighted by molar-refractivity contribution is 0.0432. The minimum absolute atomic E-state index is 0.0533. The van der Waals surface area contributed by atoms with E-state index < -0.39 is 44.0 Å². The van der Waals surface area contributed by atoms with Crippen molar-refractivity contribution in [2.75, 3.05) is 23.8 Å². The van der Waals surface area contributed by atoms with Crippen LogP contribution in [0, 0.1) is 13.8 Å². The molecular formula is C34H34N4O10S2. The van der Waals surface area contributed by atoms with Crippen LogP contribution in [0.3, 0.4) is 0 Å². The van der Waals surface area contributed by atoms with Gasteiger partial charge in [-0.2, -0.15) is 0 Å². The van der Waals surface area contributed by atoms with Crippen LogP contribution in [-0.4, -0.2) is 54.1 Å². The molecule has 4 N–H and O–H groups in total. The van der Waals surface area contributed by atoms with E-state index in [-0.39, 0.29) is 45.5 Å². The Bertz CT molecular complexity index is 1900. The number of amides is 4. The number of esters is 2. The van der Waals surface area contributed by atoms with Gasteiger partial charge < -0.3 is 20.1 Å². The number of ether oxygens (including phenoxy) is 2. The number of carbonyl (C=O) groups excluding carboxylic acids is 4. The molecule has 50 heavy (non-hydrogen) atoms. The number of urea groups is 2. The lowest BCUT2D eigenvalue weighted by Gasteiger charge is -2.10. The van der Waals surface area contributed by atoms with Gasteiger partial charge in [0.25, 0.3) is 20.0 Å². The summed E-state index contributed by atoms with van der Waals surface area (Å²) in [7, 11) is -8.13. The number of hydrogen-bond acceptors (Lipinski definition) is 10. The molecule has 14 nitrogen and oxygen atoms in total. The Labute approximate surface area is 289 Å². The normalized spacial score (nSPS) is 11.2. The van der Waals surface area contributed by atoms with Gasteiger partial charge in [-0.1, -0.05) is 35.4 Å². The zero-order chi connectivity index (χ0) is 36.3. The summed E-state index contributed by atoms with van der Waals surface area (Å²) in [5.74, 6) is -1.23. The number of unbranched alkanes of at least 4 members (excludes halogenated alkanes) is 1. The van der Waals surface area contributed by atoms with Crippen molar-refractivity contribution in [1.82, 2.24) is 9.44 Å². The molecule has 0 fully saturated rings. The Balaban J connectivity index is 1.12. The van der Waals surface area contributed by atoms with Crippen molar-refractivity contribution >= 4 is 55.4 Å². The van der Waals surface area contributed by atoms with Gasteiger partial charge in [-0.05, 0) is 99.5 Å². The van der Waals surface area contributed by atoms with Gasteiger partial charge in [-0.3, -0.25) is 0 Å². The van der Waals surface area contributed by atoms with Crippen LogP contribution in [0.4, 0.5) is 21.0 Å². The smallest absolute Gasteiger partial charge is 0.338 e. The molecule has 0 radical (unpaired) electrons. The van der Waals surface area contributed by atoms with E-state index in [0.29, 0.717) is 12.8 Å². The van der Waals surface area contributed by atoms with E-state index in [0.717, 1.165) is 11.1 Å². The van der Waals surface area contributed by atoms with Crippen LogP contribution in [0.5, 0.6) is 0 Å². The number of nitrogens with one attached hydrogen (secondary N) is 4. The second-order valence-corrected chi connectivity index (χ2v) is 14.2. The molecule has 0 spiro atoms. The van der Waals surface area contributed by atoms with Crippen LogP contribution >= 0.6 is 0 Å². The predicted molar refractivity (Wildman–Crippen MR) is 184 cm³/mol. The van der Waals surface area contributed by atoms with Crippen molar-refractivity contribution in [2.45, 2.75) is 36.5 Å². The Kier molecular flexibility index (Phi) is 12.3. The van der Waals surface area contributed by atoms with Crippen molar-refractivity contribution in [3.63, 3.8) is 0 Å². The number of anilines is 2. The number of sulfonamides is 2. The predicted octanol–water partition coefficient (Wildman–Crippen LogP) is 5.12. The molecule has 0 saturated heterocycles. The minimum Gasteiger partial charge on any atom is -0.462 e. The second-order valence-electron chi connectivity index (χ2n) is 10.9. The fourth-order valence-electron chi connectivity index (χ4n) is 4.19. The lowest BCUT2D eigenvalue weighted by atomic mass is 10.2. The molecule has 0 atom stereocenters. The Morgan fingerprint density at radius 2 is 0.820 bits per heavy atom. The first-order chi connectivity index (χ1) is 23.7. The van der Waals surface area contributed by atoms with Crippen LogP contribution < -0.4 is 20.1 Å². The van der Waals surface area contributed by atoms with E-state index in [1.807, 2.05) is 9.44 Å². The molecular weight excluding hydrogens is 689 g/mol. The summed E-state index contributed by atoms with van der Waals surface area (Å²) in [4.78, 5) is 49.0. The second kappa shape index (κ2) is 16.6. The van der Waals surface area contributed by atoms with E-state index >= 15 is 0 Å². The highest BCUT2D eigenvalue weighted by molar-refractivity contribution is 7.90. The van der Waals surface area contributed by atoms with Crippen molar-refractivity contribution in [2.24, 2.45) is 0 Å². The monoisotopic (exact) mass is 722 g/mol. The molecule has 0 unspecified atom stereocenters. The largest absolute Gasteiger partial charge is 0.462 e. The number of carbonyl (C=O) groups is 4. The zero-order valence-electron chi connectivity index (χ0n) is 27.0. The van der Waals surface area contributed by atoms with Gasteiger partial charge in [0, 0.05) is 11.4 Å². The summed E-state index contributed by atoms with van der Waals surface area (Å²) in [6, 6.07) is 21.4. The standard InChI is InChI=1S/C34H34N4O10S2/c1-23-5-17-29(18-6-23)49(43,44)37-33(41)35-27-13-9-25(10-14-27)31(39)47-21-3-4-22-48-32(40)26-11-15-28(16-12-26)36-34(42)38-50(45,46)30-19-7-24(2)8-20-30/h5-20H,3-4,21-22H2,1-2H3,(H2,35,37,41)(H2,36,38,42). The van der Waals surface area contributed by atoms with E-state index in [1.165, 1.54) is 72.8 Å². The first-order valence-electron chi connectivity index (χ1n) is 15.1. The summed E-state index contributed by atoms with van der Waals surface area (Å²) in [6.07, 6.45) is 0.801. The molecule has 4 rings (SSSR count). The third-order valence-corrected chi connectivity index (χ3v) is 9.57. The number of hydrogen-bond donors (Lipinski definition) is 4. The highest BCUT2D eigenvalue weighted by Crippen LogP contribution is 2.15. The molecule has 0 aliphatic heterocycles. The maximum absolute atomic E-state index is 12.4. The fraction of sp³-hybridized carbons (Fsp3) is 0.176. The molecule has 0 aliphatic rings. The summed E-state index contributed by atoms with van der Waals surface area (Å²) in [5, 5.41) is 4.79. The van der Waals surface area contributed by atoms with Crippen molar-refractivity contribution in [3.05, 3.63) is 119 Å². The van der Waals surface area contributed by atoms with Gasteiger partial charge in [-0.25, -0.2) is 45.5 Å². The van der Waals surface area contributed by atoms with E-state index in [1.54, 1.807) is 38.1 Å². The van der Waals surface area contributed by atoms with E-state index in [9.17, 15) is 36.0 Å². The van der Waals surface area contributed by atoms with Crippen LogP contribution in [0.1, 0.15) is 44.7 Å². The van der Waals surface area contributed by atoms with Crippen LogP contribution in [0.15, 0.2) is 107 Å². The van der Waals surface area contributed by atoms with E-state index in [2.05, 4.69) is 10.6 Å².